The van der Waals surface area contributed by atoms with Gasteiger partial charge in [-0.15, -0.1) is 11.3 Å². The van der Waals surface area contributed by atoms with Gasteiger partial charge in [-0.3, -0.25) is 0 Å². The molecule has 2 nitrogen and oxygen atoms in total. The maximum atomic E-state index is 3.75. The van der Waals surface area contributed by atoms with Crippen LogP contribution in [0.2, 0.25) is 0 Å². The Hall–Kier alpha value is -0.380. The van der Waals surface area contributed by atoms with Crippen molar-refractivity contribution < 1.29 is 0 Å². The van der Waals surface area contributed by atoms with Crippen LogP contribution in [0.1, 0.15) is 47.5 Å². The summed E-state index contributed by atoms with van der Waals surface area (Å²) in [5.74, 6) is 0.864. The van der Waals surface area contributed by atoms with Crippen LogP contribution in [-0.4, -0.2) is 30.6 Å². The van der Waals surface area contributed by atoms with Gasteiger partial charge in [-0.25, -0.2) is 0 Å². The molecule has 2 unspecified atom stereocenters. The molecule has 0 bridgehead atoms. The van der Waals surface area contributed by atoms with E-state index in [9.17, 15) is 0 Å². The van der Waals surface area contributed by atoms with E-state index < -0.39 is 0 Å². The number of thiophene rings is 1. The Morgan fingerprint density at radius 1 is 1.37 bits per heavy atom. The molecule has 1 saturated carbocycles. The third kappa shape index (κ3) is 3.21. The average molecular weight is 278 g/mol. The van der Waals surface area contributed by atoms with E-state index in [0.717, 1.165) is 12.0 Å². The molecule has 0 aromatic carbocycles. The van der Waals surface area contributed by atoms with Crippen molar-refractivity contribution >= 4 is 11.3 Å². The van der Waals surface area contributed by atoms with Gasteiger partial charge in [-0.2, -0.15) is 0 Å². The fourth-order valence-corrected chi connectivity index (χ4v) is 4.36. The lowest BCUT2D eigenvalue weighted by molar-refractivity contribution is 0.310. The first-order chi connectivity index (χ1) is 9.13. The molecule has 0 amide bonds. The minimum Gasteiger partial charge on any atom is -0.310 e. The van der Waals surface area contributed by atoms with E-state index in [0.29, 0.717) is 6.04 Å². The Bertz CT molecular complexity index is 436. The molecule has 1 aromatic rings. The van der Waals surface area contributed by atoms with Gasteiger partial charge in [-0.1, -0.05) is 0 Å². The molecular weight excluding hydrogens is 252 g/mol. The lowest BCUT2D eigenvalue weighted by atomic mass is 10.1. The van der Waals surface area contributed by atoms with E-state index in [1.54, 1.807) is 0 Å². The van der Waals surface area contributed by atoms with Gasteiger partial charge in [0, 0.05) is 28.4 Å². The highest BCUT2D eigenvalue weighted by molar-refractivity contribution is 7.12. The van der Waals surface area contributed by atoms with Crippen molar-refractivity contribution in [3.05, 3.63) is 21.4 Å². The molecule has 3 rings (SSSR count). The van der Waals surface area contributed by atoms with E-state index >= 15 is 0 Å². The smallest absolute Gasteiger partial charge is 0.0302 e. The maximum Gasteiger partial charge on any atom is 0.0302 e. The molecule has 1 aliphatic carbocycles. The standard InChI is InChI=1S/C16H26N2S/c1-11-8-16(13(3)19-11)12(2)17-9-14-6-7-18(10-14)15-4-5-15/h8,12,14-15,17H,4-7,9-10H2,1-3H3. The summed E-state index contributed by atoms with van der Waals surface area (Å²) < 4.78 is 0. The van der Waals surface area contributed by atoms with Crippen molar-refractivity contribution in [3.63, 3.8) is 0 Å². The molecule has 1 N–H and O–H groups in total. The number of likely N-dealkylation sites (tertiary alicyclic amines) is 1. The molecule has 0 spiro atoms. The summed E-state index contributed by atoms with van der Waals surface area (Å²) in [6, 6.07) is 3.80. The molecule has 0 radical (unpaired) electrons. The van der Waals surface area contributed by atoms with E-state index in [1.165, 1.54) is 54.2 Å². The summed E-state index contributed by atoms with van der Waals surface area (Å²) in [6.07, 6.45) is 4.28. The molecule has 2 heterocycles. The van der Waals surface area contributed by atoms with E-state index in [2.05, 4.69) is 37.1 Å². The van der Waals surface area contributed by atoms with Crippen molar-refractivity contribution in [1.82, 2.24) is 10.2 Å². The van der Waals surface area contributed by atoms with Crippen molar-refractivity contribution in [2.24, 2.45) is 5.92 Å². The van der Waals surface area contributed by atoms with Crippen molar-refractivity contribution in [1.29, 1.82) is 0 Å². The van der Waals surface area contributed by atoms with Gasteiger partial charge in [0.2, 0.25) is 0 Å². The van der Waals surface area contributed by atoms with Crippen LogP contribution in [0.3, 0.4) is 0 Å². The molecule has 1 aliphatic heterocycles. The second kappa shape index (κ2) is 5.55. The number of hydrogen-bond acceptors (Lipinski definition) is 3. The van der Waals surface area contributed by atoms with Gasteiger partial charge < -0.3 is 10.2 Å². The first-order valence-corrected chi connectivity index (χ1v) is 8.49. The first-order valence-electron chi connectivity index (χ1n) is 7.68. The van der Waals surface area contributed by atoms with Crippen LogP contribution in [0.25, 0.3) is 0 Å². The molecule has 106 valence electrons. The van der Waals surface area contributed by atoms with Gasteiger partial charge in [0.15, 0.2) is 0 Å². The second-order valence-electron chi connectivity index (χ2n) is 6.38. The summed E-state index contributed by atoms with van der Waals surface area (Å²) in [6.45, 7) is 10.6. The first kappa shape index (κ1) is 13.6. The van der Waals surface area contributed by atoms with Gasteiger partial charge >= 0.3 is 0 Å². The fraction of sp³-hybridized carbons (Fsp3) is 0.750. The predicted molar refractivity (Wildman–Crippen MR) is 82.9 cm³/mol. The van der Waals surface area contributed by atoms with Crippen LogP contribution in [0.5, 0.6) is 0 Å². The summed E-state index contributed by atoms with van der Waals surface area (Å²) in [5.41, 5.74) is 1.50. The van der Waals surface area contributed by atoms with E-state index in [1.807, 2.05) is 11.3 Å². The van der Waals surface area contributed by atoms with Gasteiger partial charge in [-0.05, 0) is 70.7 Å². The number of aryl methyl sites for hydroxylation is 2. The Morgan fingerprint density at radius 2 is 2.16 bits per heavy atom. The van der Waals surface area contributed by atoms with Crippen LogP contribution in [0, 0.1) is 19.8 Å². The fourth-order valence-electron chi connectivity index (χ4n) is 3.33. The number of hydrogen-bond donors (Lipinski definition) is 1. The molecule has 19 heavy (non-hydrogen) atoms. The molecule has 2 fully saturated rings. The number of rotatable bonds is 5. The monoisotopic (exact) mass is 278 g/mol. The zero-order valence-electron chi connectivity index (χ0n) is 12.4. The molecule has 2 aliphatic rings. The number of nitrogens with zero attached hydrogens (tertiary/aromatic N) is 1. The SMILES string of the molecule is Cc1cc(C(C)NCC2CCN(C3CC3)C2)c(C)s1. The number of nitrogens with one attached hydrogen (secondary N) is 1. The van der Waals surface area contributed by atoms with Crippen LogP contribution < -0.4 is 5.32 Å². The average Bonchev–Trinajstić information content (AvgIpc) is 3.02. The van der Waals surface area contributed by atoms with Crippen LogP contribution >= 0.6 is 11.3 Å². The van der Waals surface area contributed by atoms with Gasteiger partial charge in [0.25, 0.3) is 0 Å². The Morgan fingerprint density at radius 3 is 2.79 bits per heavy atom. The molecular formula is C16H26N2S. The van der Waals surface area contributed by atoms with Gasteiger partial charge in [0.1, 0.15) is 0 Å². The van der Waals surface area contributed by atoms with Crippen molar-refractivity contribution in [2.45, 2.75) is 52.1 Å². The van der Waals surface area contributed by atoms with Crippen LogP contribution in [0.15, 0.2) is 6.07 Å². The minimum absolute atomic E-state index is 0.500. The third-order valence-electron chi connectivity index (χ3n) is 4.64. The van der Waals surface area contributed by atoms with Gasteiger partial charge in [0.05, 0.1) is 0 Å². The summed E-state index contributed by atoms with van der Waals surface area (Å²) >= 11 is 1.92. The van der Waals surface area contributed by atoms with Crippen LogP contribution in [0.4, 0.5) is 0 Å². The Kier molecular flexibility index (Phi) is 3.97. The van der Waals surface area contributed by atoms with Crippen molar-refractivity contribution in [2.75, 3.05) is 19.6 Å². The predicted octanol–water partition coefficient (Wildman–Crippen LogP) is 3.50. The Labute approximate surface area is 121 Å². The quantitative estimate of drug-likeness (QED) is 0.887. The molecule has 1 saturated heterocycles. The summed E-state index contributed by atoms with van der Waals surface area (Å²) in [5, 5.41) is 3.75. The van der Waals surface area contributed by atoms with Crippen molar-refractivity contribution in [3.8, 4) is 0 Å². The highest BCUT2D eigenvalue weighted by atomic mass is 32.1. The van der Waals surface area contributed by atoms with E-state index in [-0.39, 0.29) is 0 Å². The topological polar surface area (TPSA) is 15.3 Å². The maximum absolute atomic E-state index is 3.75. The van der Waals surface area contributed by atoms with E-state index in [4.69, 9.17) is 0 Å². The summed E-state index contributed by atoms with van der Waals surface area (Å²) in [7, 11) is 0. The molecule has 2 atom stereocenters. The lowest BCUT2D eigenvalue weighted by Gasteiger charge is -2.18. The Balaban J connectivity index is 1.48. The zero-order chi connectivity index (χ0) is 13.4. The van der Waals surface area contributed by atoms with Crippen LogP contribution in [-0.2, 0) is 0 Å². The highest BCUT2D eigenvalue weighted by Gasteiger charge is 2.34. The molecule has 3 heteroatoms. The highest BCUT2D eigenvalue weighted by Crippen LogP contribution is 2.32. The summed E-state index contributed by atoms with van der Waals surface area (Å²) in [4.78, 5) is 5.61. The molecule has 1 aromatic heterocycles. The zero-order valence-corrected chi connectivity index (χ0v) is 13.2. The largest absolute Gasteiger partial charge is 0.310 e. The normalized spacial score (nSPS) is 25.9. The second-order valence-corrected chi connectivity index (χ2v) is 7.84. The minimum atomic E-state index is 0.500. The lowest BCUT2D eigenvalue weighted by Crippen LogP contribution is -2.29. The third-order valence-corrected chi connectivity index (χ3v) is 5.62.